The molecule has 0 aliphatic heterocycles. The lowest BCUT2D eigenvalue weighted by Crippen LogP contribution is -2.39. The van der Waals surface area contributed by atoms with Gasteiger partial charge in [-0.25, -0.2) is 4.99 Å². The quantitative estimate of drug-likeness (QED) is 0.310. The van der Waals surface area contributed by atoms with Gasteiger partial charge in [-0.05, 0) is 38.0 Å². The van der Waals surface area contributed by atoms with Crippen LogP contribution in [-0.4, -0.2) is 31.0 Å². The molecule has 1 fully saturated rings. The van der Waals surface area contributed by atoms with Gasteiger partial charge in [0, 0.05) is 12.6 Å². The average Bonchev–Trinajstić information content (AvgIpc) is 3.17. The number of nitrogens with zero attached hydrogens (tertiary/aromatic N) is 1. The summed E-state index contributed by atoms with van der Waals surface area (Å²) in [6.45, 7) is 7.45. The van der Waals surface area contributed by atoms with Crippen molar-refractivity contribution in [3.63, 3.8) is 0 Å². The number of nitrogens with one attached hydrogen (secondary N) is 2. The summed E-state index contributed by atoms with van der Waals surface area (Å²) in [5, 5.41) is 6.00. The van der Waals surface area contributed by atoms with Crippen molar-refractivity contribution in [3.8, 4) is 0 Å². The van der Waals surface area contributed by atoms with Gasteiger partial charge in [0.15, 0.2) is 5.96 Å². The summed E-state index contributed by atoms with van der Waals surface area (Å²) in [6, 6.07) is 0.298. The van der Waals surface area contributed by atoms with E-state index in [-0.39, 0.29) is 36.4 Å². The number of carbonyl (C=O) groups excluding carboxylic acids is 1. The lowest BCUT2D eigenvalue weighted by Gasteiger charge is -2.15. The van der Waals surface area contributed by atoms with E-state index in [4.69, 9.17) is 5.73 Å². The summed E-state index contributed by atoms with van der Waals surface area (Å²) in [6.07, 6.45) is 5.96. The molecule has 124 valence electrons. The second-order valence-corrected chi connectivity index (χ2v) is 6.32. The van der Waals surface area contributed by atoms with Gasteiger partial charge in [-0.3, -0.25) is 4.79 Å². The van der Waals surface area contributed by atoms with E-state index in [1.54, 1.807) is 0 Å². The summed E-state index contributed by atoms with van der Waals surface area (Å²) in [5.41, 5.74) is 5.78. The fourth-order valence-corrected chi connectivity index (χ4v) is 2.00. The number of nitrogens with two attached hydrogens (primary N) is 1. The molecule has 0 heterocycles. The van der Waals surface area contributed by atoms with Gasteiger partial charge in [-0.2, -0.15) is 0 Å². The van der Waals surface area contributed by atoms with E-state index in [1.807, 2.05) is 0 Å². The maximum absolute atomic E-state index is 11.5. The summed E-state index contributed by atoms with van der Waals surface area (Å²) < 4.78 is 0. The van der Waals surface area contributed by atoms with E-state index in [0.29, 0.717) is 17.9 Å². The molecule has 0 aromatic rings. The van der Waals surface area contributed by atoms with E-state index in [0.717, 1.165) is 18.9 Å². The second kappa shape index (κ2) is 11.1. The number of halogens is 1. The molecule has 0 bridgehead atoms. The zero-order chi connectivity index (χ0) is 15.0. The molecule has 1 unspecified atom stereocenters. The highest BCUT2D eigenvalue weighted by molar-refractivity contribution is 14.0. The van der Waals surface area contributed by atoms with E-state index >= 15 is 0 Å². The summed E-state index contributed by atoms with van der Waals surface area (Å²) in [4.78, 5) is 15.6. The van der Waals surface area contributed by atoms with Gasteiger partial charge in [-0.15, -0.1) is 24.0 Å². The van der Waals surface area contributed by atoms with E-state index in [1.165, 1.54) is 25.7 Å². The molecule has 0 aromatic carbocycles. The fraction of sp³-hybridized carbons (Fsp3) is 0.867. The largest absolute Gasteiger partial charge is 0.370 e. The molecular weight excluding hydrogens is 379 g/mol. The first-order valence-corrected chi connectivity index (χ1v) is 7.80. The third-order valence-electron chi connectivity index (χ3n) is 3.49. The number of hydrogen-bond acceptors (Lipinski definition) is 2. The summed E-state index contributed by atoms with van der Waals surface area (Å²) in [7, 11) is 0. The SMILES string of the molecule is CC(C)CCCC(C)NC(N)=NCC(=O)NCC1CC1.I. The number of rotatable bonds is 9. The minimum Gasteiger partial charge on any atom is -0.370 e. The Morgan fingerprint density at radius 3 is 2.52 bits per heavy atom. The van der Waals surface area contributed by atoms with Crippen molar-refractivity contribution >= 4 is 35.8 Å². The van der Waals surface area contributed by atoms with Crippen LogP contribution < -0.4 is 16.4 Å². The van der Waals surface area contributed by atoms with Crippen molar-refractivity contribution in [2.45, 2.75) is 58.9 Å². The van der Waals surface area contributed by atoms with Crippen molar-refractivity contribution in [1.82, 2.24) is 10.6 Å². The molecule has 4 N–H and O–H groups in total. The molecule has 1 aliphatic rings. The normalized spacial score (nSPS) is 16.3. The molecular formula is C15H31IN4O. The number of amides is 1. The Balaban J connectivity index is 0.00000400. The van der Waals surface area contributed by atoms with Crippen molar-refractivity contribution in [2.75, 3.05) is 13.1 Å². The van der Waals surface area contributed by atoms with Crippen molar-refractivity contribution in [1.29, 1.82) is 0 Å². The van der Waals surface area contributed by atoms with Gasteiger partial charge >= 0.3 is 0 Å². The van der Waals surface area contributed by atoms with E-state index < -0.39 is 0 Å². The van der Waals surface area contributed by atoms with Crippen LogP contribution >= 0.6 is 24.0 Å². The van der Waals surface area contributed by atoms with Crippen LogP contribution in [0.1, 0.15) is 52.9 Å². The maximum Gasteiger partial charge on any atom is 0.241 e. The van der Waals surface area contributed by atoms with Crippen LogP contribution in [0.3, 0.4) is 0 Å². The second-order valence-electron chi connectivity index (χ2n) is 6.32. The van der Waals surface area contributed by atoms with Gasteiger partial charge in [0.2, 0.25) is 5.91 Å². The Morgan fingerprint density at radius 2 is 1.95 bits per heavy atom. The first kappa shape index (κ1) is 20.5. The molecule has 21 heavy (non-hydrogen) atoms. The highest BCUT2D eigenvalue weighted by atomic mass is 127. The van der Waals surface area contributed by atoms with Crippen LogP contribution in [0.4, 0.5) is 0 Å². The van der Waals surface area contributed by atoms with Gasteiger partial charge in [0.25, 0.3) is 0 Å². The van der Waals surface area contributed by atoms with Crippen LogP contribution in [0.15, 0.2) is 4.99 Å². The van der Waals surface area contributed by atoms with Gasteiger partial charge < -0.3 is 16.4 Å². The number of hydrogen-bond donors (Lipinski definition) is 3. The molecule has 1 rings (SSSR count). The smallest absolute Gasteiger partial charge is 0.241 e. The monoisotopic (exact) mass is 410 g/mol. The van der Waals surface area contributed by atoms with Gasteiger partial charge in [0.1, 0.15) is 6.54 Å². The Morgan fingerprint density at radius 1 is 1.29 bits per heavy atom. The predicted octanol–water partition coefficient (Wildman–Crippen LogP) is 2.25. The lowest BCUT2D eigenvalue weighted by molar-refractivity contribution is -0.119. The zero-order valence-electron chi connectivity index (χ0n) is 13.5. The van der Waals surface area contributed by atoms with E-state index in [9.17, 15) is 4.79 Å². The third kappa shape index (κ3) is 11.8. The van der Waals surface area contributed by atoms with Gasteiger partial charge in [-0.1, -0.05) is 26.7 Å². The third-order valence-corrected chi connectivity index (χ3v) is 3.49. The van der Waals surface area contributed by atoms with Crippen molar-refractivity contribution < 1.29 is 4.79 Å². The standard InChI is InChI=1S/C15H30N4O.HI/c1-11(2)5-4-6-12(3)19-15(16)18-10-14(20)17-9-13-7-8-13;/h11-13H,4-10H2,1-3H3,(H,17,20)(H3,16,18,19);1H. The molecule has 1 aliphatic carbocycles. The number of guanidine groups is 1. The Hall–Kier alpha value is -0.530. The minimum absolute atomic E-state index is 0. The first-order chi connectivity index (χ1) is 9.47. The fourth-order valence-electron chi connectivity index (χ4n) is 2.00. The van der Waals surface area contributed by atoms with E-state index in [2.05, 4.69) is 36.4 Å². The van der Waals surface area contributed by atoms with Crippen molar-refractivity contribution in [2.24, 2.45) is 22.6 Å². The highest BCUT2D eigenvalue weighted by Crippen LogP contribution is 2.27. The summed E-state index contributed by atoms with van der Waals surface area (Å²) in [5.74, 6) is 1.75. The first-order valence-electron chi connectivity index (χ1n) is 7.80. The molecule has 6 heteroatoms. The van der Waals surface area contributed by atoms with Gasteiger partial charge in [0.05, 0.1) is 0 Å². The molecule has 0 radical (unpaired) electrons. The van der Waals surface area contributed by atoms with Crippen molar-refractivity contribution in [3.05, 3.63) is 0 Å². The molecule has 1 amide bonds. The maximum atomic E-state index is 11.5. The summed E-state index contributed by atoms with van der Waals surface area (Å²) >= 11 is 0. The van der Waals surface area contributed by atoms with Crippen LogP contribution in [0.25, 0.3) is 0 Å². The number of carbonyl (C=O) groups is 1. The Kier molecular flexibility index (Phi) is 10.8. The topological polar surface area (TPSA) is 79.5 Å². The molecule has 0 aromatic heterocycles. The lowest BCUT2D eigenvalue weighted by atomic mass is 10.0. The zero-order valence-corrected chi connectivity index (χ0v) is 15.9. The molecule has 0 spiro atoms. The molecule has 1 atom stereocenters. The Labute approximate surface area is 145 Å². The molecule has 5 nitrogen and oxygen atoms in total. The van der Waals surface area contributed by atoms with Crippen LogP contribution in [0, 0.1) is 11.8 Å². The minimum atomic E-state index is -0.0471. The number of aliphatic imine (C=N–C) groups is 1. The molecule has 0 saturated heterocycles. The van der Waals surface area contributed by atoms with Crippen LogP contribution in [0.2, 0.25) is 0 Å². The van der Waals surface area contributed by atoms with Crippen LogP contribution in [-0.2, 0) is 4.79 Å². The predicted molar refractivity (Wildman–Crippen MR) is 98.9 cm³/mol. The molecule has 1 saturated carbocycles. The van der Waals surface area contributed by atoms with Crippen LogP contribution in [0.5, 0.6) is 0 Å². The Bertz CT molecular complexity index is 330. The average molecular weight is 410 g/mol. The highest BCUT2D eigenvalue weighted by Gasteiger charge is 2.21.